The Kier molecular flexibility index (Phi) is 7.13. The standard InChI is InChI=1S/C25H32N4O5/c1-16-19(13-26-17(2)28-16)24(33)29-9-7-25(8-10-29)12-21(31)20(30)11-18-5-3-4-6-22(18)34-14-23(32)27-15-25/h3-6,13,20-21,30-31H,7-12,14-15H2,1-2H3,(H,27,32)/t20-,21+/m0/s1. The third-order valence-corrected chi connectivity index (χ3v) is 6.95. The van der Waals surface area contributed by atoms with Gasteiger partial charge in [-0.05, 0) is 50.2 Å². The molecule has 182 valence electrons. The fourth-order valence-electron chi connectivity index (χ4n) is 4.84. The molecule has 0 unspecified atom stereocenters. The average Bonchev–Trinajstić information content (AvgIpc) is 2.82. The number of likely N-dealkylation sites (tertiary alicyclic amines) is 1. The first kappa shape index (κ1) is 24.1. The number of nitrogens with zero attached hydrogens (tertiary/aromatic N) is 3. The fourth-order valence-corrected chi connectivity index (χ4v) is 4.84. The second-order valence-electron chi connectivity index (χ2n) is 9.42. The summed E-state index contributed by atoms with van der Waals surface area (Å²) in [6, 6.07) is 7.22. The van der Waals surface area contributed by atoms with E-state index in [1.54, 1.807) is 37.1 Å². The number of aliphatic hydroxyl groups excluding tert-OH is 2. The lowest BCUT2D eigenvalue weighted by Crippen LogP contribution is -2.51. The molecule has 4 rings (SSSR count). The van der Waals surface area contributed by atoms with Gasteiger partial charge in [0.1, 0.15) is 11.6 Å². The smallest absolute Gasteiger partial charge is 0.257 e. The Balaban J connectivity index is 1.49. The van der Waals surface area contributed by atoms with Crippen LogP contribution in [0.4, 0.5) is 0 Å². The van der Waals surface area contributed by atoms with Crippen LogP contribution in [0.3, 0.4) is 0 Å². The second-order valence-corrected chi connectivity index (χ2v) is 9.42. The Morgan fingerprint density at radius 2 is 1.91 bits per heavy atom. The van der Waals surface area contributed by atoms with Crippen LogP contribution in [-0.4, -0.2) is 75.3 Å². The van der Waals surface area contributed by atoms with Crippen molar-refractivity contribution in [2.75, 3.05) is 26.2 Å². The molecule has 34 heavy (non-hydrogen) atoms. The third kappa shape index (κ3) is 5.37. The summed E-state index contributed by atoms with van der Waals surface area (Å²) in [5.41, 5.74) is 1.44. The molecule has 0 aliphatic carbocycles. The van der Waals surface area contributed by atoms with E-state index in [9.17, 15) is 19.8 Å². The Bertz CT molecular complexity index is 1050. The normalized spacial score (nSPS) is 23.2. The molecule has 2 amide bonds. The molecule has 0 radical (unpaired) electrons. The van der Waals surface area contributed by atoms with E-state index < -0.39 is 17.6 Å². The zero-order valence-corrected chi connectivity index (χ0v) is 19.7. The van der Waals surface area contributed by atoms with E-state index in [0.717, 1.165) is 5.56 Å². The van der Waals surface area contributed by atoms with Gasteiger partial charge in [-0.25, -0.2) is 9.97 Å². The number of nitrogens with one attached hydrogen (secondary N) is 1. The lowest BCUT2D eigenvalue weighted by Gasteiger charge is -2.43. The van der Waals surface area contributed by atoms with Gasteiger partial charge >= 0.3 is 0 Å². The molecule has 1 aromatic carbocycles. The van der Waals surface area contributed by atoms with Crippen LogP contribution in [0.2, 0.25) is 0 Å². The van der Waals surface area contributed by atoms with Crippen molar-refractivity contribution >= 4 is 11.8 Å². The first-order valence-corrected chi connectivity index (χ1v) is 11.7. The van der Waals surface area contributed by atoms with Crippen LogP contribution in [0.1, 0.15) is 46.7 Å². The summed E-state index contributed by atoms with van der Waals surface area (Å²) >= 11 is 0. The number of fused-ring (bicyclic) bond motifs is 1. The SMILES string of the molecule is Cc1ncc(C(=O)N2CCC3(CC2)CNC(=O)COc2ccccc2C[C@H](O)[C@H](O)C3)c(C)n1. The number of carbonyl (C=O) groups excluding carboxylic acids is 2. The molecule has 3 N–H and O–H groups in total. The van der Waals surface area contributed by atoms with Gasteiger partial charge in [0.25, 0.3) is 11.8 Å². The minimum atomic E-state index is -0.973. The van der Waals surface area contributed by atoms with Gasteiger partial charge in [0.05, 0.1) is 23.5 Å². The quantitative estimate of drug-likeness (QED) is 0.574. The molecule has 0 saturated carbocycles. The monoisotopic (exact) mass is 468 g/mol. The summed E-state index contributed by atoms with van der Waals surface area (Å²) in [4.78, 5) is 35.8. The van der Waals surface area contributed by atoms with Crippen molar-refractivity contribution in [2.24, 2.45) is 5.41 Å². The molecular formula is C25H32N4O5. The van der Waals surface area contributed by atoms with Gasteiger partial charge in [-0.1, -0.05) is 18.2 Å². The van der Waals surface area contributed by atoms with Gasteiger partial charge in [0.15, 0.2) is 6.61 Å². The molecule has 2 aliphatic heterocycles. The Labute approximate surface area is 199 Å². The van der Waals surface area contributed by atoms with Crippen LogP contribution in [0.5, 0.6) is 5.75 Å². The number of hydrogen-bond acceptors (Lipinski definition) is 7. The number of carbonyl (C=O) groups is 2. The maximum atomic E-state index is 13.1. The molecule has 1 fully saturated rings. The van der Waals surface area contributed by atoms with Gasteiger partial charge in [0.2, 0.25) is 0 Å². The summed E-state index contributed by atoms with van der Waals surface area (Å²) < 4.78 is 5.68. The lowest BCUT2D eigenvalue weighted by molar-refractivity contribution is -0.124. The van der Waals surface area contributed by atoms with Crippen molar-refractivity contribution in [2.45, 2.75) is 51.7 Å². The molecule has 1 saturated heterocycles. The van der Waals surface area contributed by atoms with Crippen molar-refractivity contribution in [1.82, 2.24) is 20.2 Å². The van der Waals surface area contributed by atoms with Crippen LogP contribution < -0.4 is 10.1 Å². The van der Waals surface area contributed by atoms with Crippen molar-refractivity contribution < 1.29 is 24.5 Å². The van der Waals surface area contributed by atoms with Crippen LogP contribution in [0.15, 0.2) is 30.5 Å². The first-order valence-electron chi connectivity index (χ1n) is 11.7. The van der Waals surface area contributed by atoms with Crippen molar-refractivity contribution in [3.8, 4) is 5.75 Å². The minimum absolute atomic E-state index is 0.116. The number of benzene rings is 1. The molecular weight excluding hydrogens is 436 g/mol. The zero-order valence-electron chi connectivity index (χ0n) is 19.7. The van der Waals surface area contributed by atoms with Gasteiger partial charge in [-0.2, -0.15) is 0 Å². The van der Waals surface area contributed by atoms with E-state index in [4.69, 9.17) is 4.74 Å². The predicted octanol–water partition coefficient (Wildman–Crippen LogP) is 1.18. The highest BCUT2D eigenvalue weighted by Crippen LogP contribution is 2.37. The number of ether oxygens (including phenoxy) is 1. The fraction of sp³-hybridized carbons (Fsp3) is 0.520. The number of piperidine rings is 1. The summed E-state index contributed by atoms with van der Waals surface area (Å²) in [6.45, 7) is 4.76. The Hall–Kier alpha value is -3.04. The molecule has 3 heterocycles. The number of aliphatic hydroxyl groups is 2. The Morgan fingerprint density at radius 3 is 2.65 bits per heavy atom. The minimum Gasteiger partial charge on any atom is -0.483 e. The average molecular weight is 469 g/mol. The molecule has 0 bridgehead atoms. The van der Waals surface area contributed by atoms with E-state index in [2.05, 4.69) is 15.3 Å². The number of amides is 2. The van der Waals surface area contributed by atoms with Crippen LogP contribution in [0, 0.1) is 19.3 Å². The van der Waals surface area contributed by atoms with Gasteiger partial charge in [-0.3, -0.25) is 9.59 Å². The molecule has 9 nitrogen and oxygen atoms in total. The van der Waals surface area contributed by atoms with Crippen molar-refractivity contribution in [3.63, 3.8) is 0 Å². The topological polar surface area (TPSA) is 125 Å². The highest BCUT2D eigenvalue weighted by Gasteiger charge is 2.40. The third-order valence-electron chi connectivity index (χ3n) is 6.95. The van der Waals surface area contributed by atoms with E-state index in [0.29, 0.717) is 61.7 Å². The van der Waals surface area contributed by atoms with E-state index in [1.165, 1.54) is 0 Å². The predicted molar refractivity (Wildman–Crippen MR) is 124 cm³/mol. The molecule has 9 heteroatoms. The second kappa shape index (κ2) is 10.1. The van der Waals surface area contributed by atoms with Gasteiger partial charge in [-0.15, -0.1) is 0 Å². The van der Waals surface area contributed by atoms with Crippen LogP contribution in [-0.2, 0) is 11.2 Å². The number of hydrogen-bond donors (Lipinski definition) is 3. The first-order chi connectivity index (χ1) is 16.3. The largest absolute Gasteiger partial charge is 0.483 e. The highest BCUT2D eigenvalue weighted by molar-refractivity contribution is 5.95. The van der Waals surface area contributed by atoms with Crippen LogP contribution >= 0.6 is 0 Å². The number of rotatable bonds is 1. The lowest BCUT2D eigenvalue weighted by atomic mass is 9.73. The van der Waals surface area contributed by atoms with Gasteiger partial charge < -0.3 is 25.2 Å². The number of aryl methyl sites for hydroxylation is 2. The highest BCUT2D eigenvalue weighted by atomic mass is 16.5. The molecule has 1 aromatic heterocycles. The van der Waals surface area contributed by atoms with Crippen LogP contribution in [0.25, 0.3) is 0 Å². The summed E-state index contributed by atoms with van der Waals surface area (Å²) in [5.74, 6) is 0.794. The Morgan fingerprint density at radius 1 is 1.18 bits per heavy atom. The maximum absolute atomic E-state index is 13.1. The van der Waals surface area contributed by atoms with E-state index in [-0.39, 0.29) is 24.8 Å². The van der Waals surface area contributed by atoms with Crippen molar-refractivity contribution in [1.29, 1.82) is 0 Å². The maximum Gasteiger partial charge on any atom is 0.257 e. The summed E-state index contributed by atoms with van der Waals surface area (Å²) in [6.07, 6.45) is 1.36. The van der Waals surface area contributed by atoms with Crippen molar-refractivity contribution in [3.05, 3.63) is 53.1 Å². The summed E-state index contributed by atoms with van der Waals surface area (Å²) in [7, 11) is 0. The number of aromatic nitrogens is 2. The van der Waals surface area contributed by atoms with Gasteiger partial charge in [0, 0.05) is 32.3 Å². The zero-order chi connectivity index (χ0) is 24.3. The molecule has 2 atom stereocenters. The molecule has 2 aromatic rings. The summed E-state index contributed by atoms with van der Waals surface area (Å²) in [5, 5.41) is 24.6. The number of para-hydroxylation sites is 1. The molecule has 1 spiro atoms. The molecule has 2 aliphatic rings. The van der Waals surface area contributed by atoms with E-state index in [1.807, 2.05) is 12.1 Å². The van der Waals surface area contributed by atoms with E-state index >= 15 is 0 Å².